The van der Waals surface area contributed by atoms with Gasteiger partial charge in [-0.15, -0.1) is 0 Å². The predicted octanol–water partition coefficient (Wildman–Crippen LogP) is 2.53. The Bertz CT molecular complexity index is 778. The molecule has 2 atom stereocenters. The molecule has 1 saturated heterocycles. The molecule has 2 heterocycles. The van der Waals surface area contributed by atoms with Crippen molar-refractivity contribution in [3.05, 3.63) is 24.3 Å². The minimum absolute atomic E-state index is 0.124. The van der Waals surface area contributed by atoms with Gasteiger partial charge in [-0.05, 0) is 43.7 Å². The van der Waals surface area contributed by atoms with Gasteiger partial charge >= 0.3 is 5.97 Å². The number of piperidine rings is 1. The molecule has 2 aliphatic heterocycles. The molecule has 1 aromatic rings. The molecule has 7 nitrogen and oxygen atoms in total. The first kappa shape index (κ1) is 19.7. The van der Waals surface area contributed by atoms with Gasteiger partial charge in [-0.3, -0.25) is 19.3 Å². The Balaban J connectivity index is 1.35. The highest BCUT2D eigenvalue weighted by atomic mass is 16.5. The lowest BCUT2D eigenvalue weighted by atomic mass is 9.78. The summed E-state index contributed by atoms with van der Waals surface area (Å²) in [6.45, 7) is 0.533. The Morgan fingerprint density at radius 3 is 2.79 bits per heavy atom. The number of carbonyl (C=O) groups is 3. The summed E-state index contributed by atoms with van der Waals surface area (Å²) in [7, 11) is 0. The second kappa shape index (κ2) is 8.84. The van der Waals surface area contributed by atoms with Gasteiger partial charge in [-0.1, -0.05) is 25.0 Å². The average molecular weight is 400 g/mol. The third-order valence-corrected chi connectivity index (χ3v) is 6.24. The third kappa shape index (κ3) is 4.38. The smallest absolute Gasteiger partial charge is 0.326 e. The van der Waals surface area contributed by atoms with Crippen molar-refractivity contribution < 1.29 is 23.9 Å². The van der Waals surface area contributed by atoms with Crippen molar-refractivity contribution in [2.45, 2.75) is 51.0 Å². The van der Waals surface area contributed by atoms with Crippen LogP contribution >= 0.6 is 0 Å². The van der Waals surface area contributed by atoms with Gasteiger partial charge < -0.3 is 14.4 Å². The fourth-order valence-corrected chi connectivity index (χ4v) is 4.83. The molecule has 2 amide bonds. The fourth-order valence-electron chi connectivity index (χ4n) is 4.83. The molecule has 0 bridgehead atoms. The van der Waals surface area contributed by atoms with Crippen LogP contribution in [0.2, 0.25) is 0 Å². The average Bonchev–Trinajstić information content (AvgIpc) is 2.90. The standard InChI is InChI=1S/C22H28N2O5/c25-20-11-13-28-19-10-4-3-9-18(19)24(20)14-22(27)29-15-21(26)23-12-5-7-16-6-1-2-8-17(16)23/h3-4,9-10,16-17H,1-2,5-8,11-15H2/t16-,17-/m1/s1. The van der Waals surface area contributed by atoms with Gasteiger partial charge in [0.1, 0.15) is 12.3 Å². The second-order valence-corrected chi connectivity index (χ2v) is 8.05. The van der Waals surface area contributed by atoms with E-state index in [0.717, 1.165) is 25.8 Å². The zero-order chi connectivity index (χ0) is 20.2. The molecule has 2 fully saturated rings. The topological polar surface area (TPSA) is 76.1 Å². The number of para-hydroxylation sites is 2. The number of fused-ring (bicyclic) bond motifs is 2. The van der Waals surface area contributed by atoms with Crippen LogP contribution in [0.5, 0.6) is 5.75 Å². The number of nitrogens with zero attached hydrogens (tertiary/aromatic N) is 2. The van der Waals surface area contributed by atoms with Crippen molar-refractivity contribution in [1.29, 1.82) is 0 Å². The molecule has 29 heavy (non-hydrogen) atoms. The molecule has 156 valence electrons. The van der Waals surface area contributed by atoms with E-state index in [2.05, 4.69) is 0 Å². The van der Waals surface area contributed by atoms with Crippen molar-refractivity contribution in [1.82, 2.24) is 4.90 Å². The van der Waals surface area contributed by atoms with E-state index < -0.39 is 5.97 Å². The van der Waals surface area contributed by atoms with Crippen molar-refractivity contribution in [3.8, 4) is 5.75 Å². The van der Waals surface area contributed by atoms with E-state index in [1.807, 2.05) is 11.0 Å². The molecule has 1 aromatic carbocycles. The van der Waals surface area contributed by atoms with Gasteiger partial charge in [0.25, 0.3) is 5.91 Å². The monoisotopic (exact) mass is 400 g/mol. The Labute approximate surface area is 170 Å². The number of hydrogen-bond acceptors (Lipinski definition) is 5. The van der Waals surface area contributed by atoms with Crippen LogP contribution in [0.15, 0.2) is 24.3 Å². The van der Waals surface area contributed by atoms with E-state index in [1.165, 1.54) is 24.2 Å². The van der Waals surface area contributed by atoms with Crippen molar-refractivity contribution in [3.63, 3.8) is 0 Å². The first-order valence-corrected chi connectivity index (χ1v) is 10.6. The molecule has 7 heteroatoms. The maximum Gasteiger partial charge on any atom is 0.326 e. The number of hydrogen-bond donors (Lipinski definition) is 0. The van der Waals surface area contributed by atoms with E-state index in [0.29, 0.717) is 23.4 Å². The summed E-state index contributed by atoms with van der Waals surface area (Å²) in [5, 5.41) is 0. The van der Waals surface area contributed by atoms with Crippen LogP contribution in [-0.4, -0.2) is 55.0 Å². The van der Waals surface area contributed by atoms with Crippen LogP contribution < -0.4 is 9.64 Å². The van der Waals surface area contributed by atoms with E-state index in [1.54, 1.807) is 18.2 Å². The summed E-state index contributed by atoms with van der Waals surface area (Å²) in [6.07, 6.45) is 7.02. The first-order chi connectivity index (χ1) is 14.1. The Morgan fingerprint density at radius 2 is 1.90 bits per heavy atom. The Morgan fingerprint density at radius 1 is 1.10 bits per heavy atom. The summed E-state index contributed by atoms with van der Waals surface area (Å²) in [5.74, 6) is 0.253. The molecule has 3 aliphatic rings. The molecular weight excluding hydrogens is 372 g/mol. The molecular formula is C22H28N2O5. The largest absolute Gasteiger partial charge is 0.491 e. The maximum absolute atomic E-state index is 12.7. The van der Waals surface area contributed by atoms with E-state index in [9.17, 15) is 14.4 Å². The van der Waals surface area contributed by atoms with Crippen LogP contribution in [0.4, 0.5) is 5.69 Å². The highest BCUT2D eigenvalue weighted by Gasteiger charge is 2.36. The van der Waals surface area contributed by atoms with Crippen LogP contribution in [0, 0.1) is 5.92 Å². The second-order valence-electron chi connectivity index (χ2n) is 8.05. The highest BCUT2D eigenvalue weighted by molar-refractivity contribution is 5.99. The molecule has 0 N–H and O–H groups in total. The van der Waals surface area contributed by atoms with Crippen LogP contribution in [0.1, 0.15) is 44.9 Å². The number of likely N-dealkylation sites (tertiary alicyclic amines) is 1. The van der Waals surface area contributed by atoms with E-state index in [4.69, 9.17) is 9.47 Å². The minimum atomic E-state index is -0.583. The third-order valence-electron chi connectivity index (χ3n) is 6.24. The lowest BCUT2D eigenvalue weighted by molar-refractivity contribution is -0.154. The summed E-state index contributed by atoms with van der Waals surface area (Å²) < 4.78 is 10.9. The molecule has 0 radical (unpaired) electrons. The molecule has 0 spiro atoms. The van der Waals surface area contributed by atoms with Gasteiger partial charge in [-0.25, -0.2) is 0 Å². The molecule has 1 saturated carbocycles. The lowest BCUT2D eigenvalue weighted by Crippen LogP contribution is -2.51. The summed E-state index contributed by atoms with van der Waals surface area (Å²) in [6, 6.07) is 7.42. The number of benzene rings is 1. The summed E-state index contributed by atoms with van der Waals surface area (Å²) in [4.78, 5) is 40.9. The van der Waals surface area contributed by atoms with Crippen LogP contribution in [0.25, 0.3) is 0 Å². The maximum atomic E-state index is 12.7. The van der Waals surface area contributed by atoms with Gasteiger partial charge in [0.05, 0.1) is 18.7 Å². The van der Waals surface area contributed by atoms with E-state index >= 15 is 0 Å². The molecule has 0 aromatic heterocycles. The zero-order valence-electron chi connectivity index (χ0n) is 16.7. The van der Waals surface area contributed by atoms with Gasteiger partial charge in [0.15, 0.2) is 6.61 Å². The van der Waals surface area contributed by atoms with Crippen molar-refractivity contribution >= 4 is 23.5 Å². The minimum Gasteiger partial charge on any atom is -0.491 e. The number of ether oxygens (including phenoxy) is 2. The SMILES string of the molecule is O=C(CN1C(=O)CCOc2ccccc21)OCC(=O)N1CCC[C@H]2CCCC[C@H]21. The number of anilines is 1. The molecule has 0 unspecified atom stereocenters. The number of rotatable bonds is 4. The molecule has 4 rings (SSSR count). The zero-order valence-corrected chi connectivity index (χ0v) is 16.7. The quantitative estimate of drug-likeness (QED) is 0.726. The van der Waals surface area contributed by atoms with Gasteiger partial charge in [0.2, 0.25) is 5.91 Å². The number of carbonyl (C=O) groups excluding carboxylic acids is 3. The van der Waals surface area contributed by atoms with E-state index in [-0.39, 0.29) is 38.0 Å². The van der Waals surface area contributed by atoms with Crippen LogP contribution in [-0.2, 0) is 19.1 Å². The Kier molecular flexibility index (Phi) is 6.02. The number of esters is 1. The fraction of sp³-hybridized carbons (Fsp3) is 0.591. The summed E-state index contributed by atoms with van der Waals surface area (Å²) >= 11 is 0. The van der Waals surface area contributed by atoms with Crippen molar-refractivity contribution in [2.75, 3.05) is 31.2 Å². The van der Waals surface area contributed by atoms with Gasteiger partial charge in [-0.2, -0.15) is 0 Å². The first-order valence-electron chi connectivity index (χ1n) is 10.6. The molecule has 1 aliphatic carbocycles. The Hall–Kier alpha value is -2.57. The highest BCUT2D eigenvalue weighted by Crippen LogP contribution is 2.35. The number of amides is 2. The summed E-state index contributed by atoms with van der Waals surface area (Å²) in [5.41, 5.74) is 0.555. The van der Waals surface area contributed by atoms with Crippen LogP contribution in [0.3, 0.4) is 0 Å². The normalized spacial score (nSPS) is 24.1. The lowest BCUT2D eigenvalue weighted by Gasteiger charge is -2.44. The van der Waals surface area contributed by atoms with Gasteiger partial charge in [0, 0.05) is 12.6 Å². The predicted molar refractivity (Wildman–Crippen MR) is 107 cm³/mol. The van der Waals surface area contributed by atoms with Crippen molar-refractivity contribution in [2.24, 2.45) is 5.92 Å².